The molecule has 0 amide bonds. The number of aliphatic hydroxyl groups is 1. The van der Waals surface area contributed by atoms with E-state index in [1.807, 2.05) is 35.9 Å². The number of fused-ring (bicyclic) bond motifs is 1. The summed E-state index contributed by atoms with van der Waals surface area (Å²) in [4.78, 5) is 6.76. The highest BCUT2D eigenvalue weighted by Crippen LogP contribution is 2.51. The predicted molar refractivity (Wildman–Crippen MR) is 191 cm³/mol. The SMILES string of the molecule is C/C(=C/C=C1\CCCC(/C=C/C2(O)N(C)c3ccccc3C2(C)C)=C1Sc1ccccc1)C(C)(C)c1ccccc1N(C)C. The van der Waals surface area contributed by atoms with Gasteiger partial charge in [0, 0.05) is 53.1 Å². The number of hydrogen-bond donors (Lipinski definition) is 1. The van der Waals surface area contributed by atoms with E-state index in [1.165, 1.54) is 43.3 Å². The Morgan fingerprint density at radius 3 is 2.30 bits per heavy atom. The van der Waals surface area contributed by atoms with Gasteiger partial charge in [0.05, 0.1) is 0 Å². The molecular formula is C40H48N2OS. The van der Waals surface area contributed by atoms with Gasteiger partial charge in [-0.2, -0.15) is 0 Å². The van der Waals surface area contributed by atoms with Crippen LogP contribution >= 0.6 is 11.8 Å². The molecule has 1 atom stereocenters. The predicted octanol–water partition coefficient (Wildman–Crippen LogP) is 9.81. The van der Waals surface area contributed by atoms with Crippen molar-refractivity contribution >= 4 is 23.1 Å². The Balaban J connectivity index is 1.55. The summed E-state index contributed by atoms with van der Waals surface area (Å²) in [7, 11) is 6.23. The largest absolute Gasteiger partial charge is 0.377 e. The Morgan fingerprint density at radius 1 is 0.932 bits per heavy atom. The van der Waals surface area contributed by atoms with Gasteiger partial charge >= 0.3 is 0 Å². The molecule has 1 heterocycles. The van der Waals surface area contributed by atoms with E-state index in [2.05, 4.69) is 145 Å². The highest BCUT2D eigenvalue weighted by Gasteiger charge is 2.53. The third-order valence-electron chi connectivity index (χ3n) is 9.91. The molecule has 0 bridgehead atoms. The van der Waals surface area contributed by atoms with Gasteiger partial charge in [0.1, 0.15) is 0 Å². The maximum Gasteiger partial charge on any atom is 0.166 e. The molecule has 1 aliphatic heterocycles. The fraction of sp³-hybridized carbons (Fsp3) is 0.350. The van der Waals surface area contributed by atoms with Crippen LogP contribution in [0.25, 0.3) is 0 Å². The molecule has 1 N–H and O–H groups in total. The van der Waals surface area contributed by atoms with Crippen molar-refractivity contribution in [1.29, 1.82) is 0 Å². The van der Waals surface area contributed by atoms with Crippen molar-refractivity contribution in [2.45, 2.75) is 75.3 Å². The summed E-state index contributed by atoms with van der Waals surface area (Å²) in [6, 6.07) is 27.7. The smallest absolute Gasteiger partial charge is 0.166 e. The summed E-state index contributed by atoms with van der Waals surface area (Å²) in [6.07, 6.45) is 12.0. The standard InChI is InChI=1S/C40H48N2OS/c1-29(38(2,3)33-21-12-14-23-35(33)41(6)7)25-26-30-17-16-18-31(37(30)44-32-19-10-9-11-20-32)27-28-40(43)39(4,5)34-22-13-15-24-36(34)42(40)8/h9-15,19-28,43H,16-18H2,1-8H3/b28-27+,29-25-,30-26+. The second-order valence-electron chi connectivity index (χ2n) is 13.5. The lowest BCUT2D eigenvalue weighted by atomic mass is 9.77. The molecule has 0 saturated carbocycles. The molecule has 0 fully saturated rings. The number of hydrogen-bond acceptors (Lipinski definition) is 4. The lowest BCUT2D eigenvalue weighted by Gasteiger charge is -2.39. The zero-order valence-electron chi connectivity index (χ0n) is 27.7. The normalized spacial score (nSPS) is 21.3. The molecule has 0 saturated heterocycles. The van der Waals surface area contributed by atoms with E-state index in [9.17, 15) is 5.11 Å². The monoisotopic (exact) mass is 604 g/mol. The van der Waals surface area contributed by atoms with Crippen LogP contribution in [-0.4, -0.2) is 32.0 Å². The molecular weight excluding hydrogens is 557 g/mol. The van der Waals surface area contributed by atoms with Gasteiger partial charge in [-0.15, -0.1) is 0 Å². The lowest BCUT2D eigenvalue weighted by Crippen LogP contribution is -2.52. The third kappa shape index (κ3) is 5.82. The second kappa shape index (κ2) is 12.5. The molecule has 0 aromatic heterocycles. The van der Waals surface area contributed by atoms with Crippen LogP contribution in [-0.2, 0) is 10.8 Å². The van der Waals surface area contributed by atoms with Crippen molar-refractivity contribution in [3.63, 3.8) is 0 Å². The molecule has 3 aromatic carbocycles. The fourth-order valence-corrected chi connectivity index (χ4v) is 7.76. The van der Waals surface area contributed by atoms with E-state index in [4.69, 9.17) is 0 Å². The second-order valence-corrected chi connectivity index (χ2v) is 14.5. The number of nitrogens with zero attached hydrogens (tertiary/aromatic N) is 2. The average molecular weight is 605 g/mol. The van der Waals surface area contributed by atoms with Crippen LogP contribution < -0.4 is 9.80 Å². The number of allylic oxidation sites excluding steroid dienone is 6. The van der Waals surface area contributed by atoms with Gasteiger partial charge in [-0.25, -0.2) is 0 Å². The van der Waals surface area contributed by atoms with Gasteiger partial charge in [-0.3, -0.25) is 0 Å². The Morgan fingerprint density at radius 2 is 1.59 bits per heavy atom. The molecule has 1 aliphatic carbocycles. The summed E-state index contributed by atoms with van der Waals surface area (Å²) in [5.41, 5.74) is 7.10. The summed E-state index contributed by atoms with van der Waals surface area (Å²) >= 11 is 1.84. The summed E-state index contributed by atoms with van der Waals surface area (Å²) < 4.78 is 0. The van der Waals surface area contributed by atoms with Gasteiger partial charge in [-0.05, 0) is 78.8 Å². The fourth-order valence-electron chi connectivity index (χ4n) is 6.63. The summed E-state index contributed by atoms with van der Waals surface area (Å²) in [5.74, 6) is 0. The van der Waals surface area contributed by atoms with Gasteiger partial charge in [0.2, 0.25) is 0 Å². The number of thioether (sulfide) groups is 1. The van der Waals surface area contributed by atoms with Crippen molar-refractivity contribution in [2.75, 3.05) is 30.9 Å². The van der Waals surface area contributed by atoms with Crippen LogP contribution in [0.15, 0.2) is 130 Å². The van der Waals surface area contributed by atoms with E-state index in [0.29, 0.717) is 0 Å². The average Bonchev–Trinajstić information content (AvgIpc) is 3.17. The first-order valence-corrected chi connectivity index (χ1v) is 16.6. The molecule has 4 heteroatoms. The Labute approximate surface area is 269 Å². The van der Waals surface area contributed by atoms with Crippen LogP contribution in [0.4, 0.5) is 11.4 Å². The Kier molecular flexibility index (Phi) is 9.07. The van der Waals surface area contributed by atoms with Crippen LogP contribution in [0, 0.1) is 0 Å². The molecule has 2 aliphatic rings. The minimum atomic E-state index is -1.13. The van der Waals surface area contributed by atoms with E-state index >= 15 is 0 Å². The zero-order chi connectivity index (χ0) is 31.7. The van der Waals surface area contributed by atoms with Crippen LogP contribution in [0.3, 0.4) is 0 Å². The number of benzene rings is 3. The first-order valence-electron chi connectivity index (χ1n) is 15.7. The maximum atomic E-state index is 12.2. The molecule has 44 heavy (non-hydrogen) atoms. The van der Waals surface area contributed by atoms with Gasteiger partial charge in [-0.1, -0.05) is 118 Å². The Bertz CT molecular complexity index is 1630. The number of rotatable bonds is 8. The number of anilines is 2. The number of para-hydroxylation sites is 2. The quantitative estimate of drug-likeness (QED) is 0.277. The molecule has 3 nitrogen and oxygen atoms in total. The highest BCUT2D eigenvalue weighted by atomic mass is 32.2. The van der Waals surface area contributed by atoms with Crippen molar-refractivity contribution in [2.24, 2.45) is 0 Å². The van der Waals surface area contributed by atoms with Gasteiger partial charge < -0.3 is 14.9 Å². The van der Waals surface area contributed by atoms with Crippen molar-refractivity contribution < 1.29 is 5.11 Å². The summed E-state index contributed by atoms with van der Waals surface area (Å²) in [6.45, 7) is 11.2. The van der Waals surface area contributed by atoms with Crippen molar-refractivity contribution in [3.8, 4) is 0 Å². The van der Waals surface area contributed by atoms with Crippen LogP contribution in [0.5, 0.6) is 0 Å². The van der Waals surface area contributed by atoms with E-state index in [0.717, 1.165) is 24.9 Å². The zero-order valence-corrected chi connectivity index (χ0v) is 28.5. The first kappa shape index (κ1) is 31.9. The first-order chi connectivity index (χ1) is 20.9. The number of likely N-dealkylation sites (N-methyl/N-ethyl adjacent to an activating group) is 1. The minimum absolute atomic E-state index is 0.122. The topological polar surface area (TPSA) is 26.7 Å². The molecule has 0 radical (unpaired) electrons. The summed E-state index contributed by atoms with van der Waals surface area (Å²) in [5, 5.41) is 12.2. The van der Waals surface area contributed by atoms with Crippen molar-refractivity contribution in [1.82, 2.24) is 0 Å². The van der Waals surface area contributed by atoms with Crippen LogP contribution in [0.1, 0.15) is 65.0 Å². The van der Waals surface area contributed by atoms with E-state index < -0.39 is 11.1 Å². The van der Waals surface area contributed by atoms with Gasteiger partial charge in [0.15, 0.2) is 5.72 Å². The van der Waals surface area contributed by atoms with Crippen LogP contribution in [0.2, 0.25) is 0 Å². The maximum absolute atomic E-state index is 12.2. The molecule has 5 rings (SSSR count). The van der Waals surface area contributed by atoms with Gasteiger partial charge in [0.25, 0.3) is 0 Å². The van der Waals surface area contributed by atoms with E-state index in [1.54, 1.807) is 0 Å². The lowest BCUT2D eigenvalue weighted by molar-refractivity contribution is 0.0340. The highest BCUT2D eigenvalue weighted by molar-refractivity contribution is 8.03. The molecule has 0 spiro atoms. The molecule has 1 unspecified atom stereocenters. The Hall–Kier alpha value is -3.47. The third-order valence-corrected chi connectivity index (χ3v) is 11.1. The van der Waals surface area contributed by atoms with E-state index in [-0.39, 0.29) is 5.41 Å². The molecule has 230 valence electrons. The molecule has 3 aromatic rings. The minimum Gasteiger partial charge on any atom is -0.377 e. The van der Waals surface area contributed by atoms with Crippen molar-refractivity contribution in [3.05, 3.63) is 136 Å².